The van der Waals surface area contributed by atoms with Crippen molar-refractivity contribution in [1.82, 2.24) is 10.2 Å². The van der Waals surface area contributed by atoms with Crippen molar-refractivity contribution in [2.24, 2.45) is 0 Å². The number of para-hydroxylation sites is 1. The molecular formula is C17H20N2O6S. The van der Waals surface area contributed by atoms with Gasteiger partial charge in [0.1, 0.15) is 17.2 Å². The molecular weight excluding hydrogens is 360 g/mol. The van der Waals surface area contributed by atoms with Gasteiger partial charge in [0.25, 0.3) is 5.91 Å². The topological polar surface area (TPSA) is 116 Å². The van der Waals surface area contributed by atoms with Gasteiger partial charge in [-0.3, -0.25) is 9.59 Å². The first-order valence-electron chi connectivity index (χ1n) is 8.07. The predicted octanol–water partition coefficient (Wildman–Crippen LogP) is 0.0596. The van der Waals surface area contributed by atoms with Gasteiger partial charge >= 0.3 is 5.97 Å². The van der Waals surface area contributed by atoms with Crippen molar-refractivity contribution in [3.63, 3.8) is 0 Å². The summed E-state index contributed by atoms with van der Waals surface area (Å²) in [7, 11) is 0. The molecule has 0 unspecified atom stereocenters. The molecule has 8 nitrogen and oxygen atoms in total. The van der Waals surface area contributed by atoms with E-state index in [4.69, 9.17) is 4.74 Å². The molecule has 3 N–H and O–H groups in total. The van der Waals surface area contributed by atoms with E-state index in [0.717, 1.165) is 0 Å². The summed E-state index contributed by atoms with van der Waals surface area (Å²) >= 11 is 1.25. The van der Waals surface area contributed by atoms with E-state index in [0.29, 0.717) is 5.75 Å². The number of benzene rings is 1. The quantitative estimate of drug-likeness (QED) is 0.598. The van der Waals surface area contributed by atoms with Gasteiger partial charge in [0.15, 0.2) is 12.1 Å². The van der Waals surface area contributed by atoms with E-state index in [2.05, 4.69) is 5.32 Å². The van der Waals surface area contributed by atoms with Crippen LogP contribution in [-0.4, -0.2) is 67.8 Å². The molecule has 0 aliphatic carbocycles. The number of carbonyl (C=O) groups excluding carboxylic acids is 2. The Morgan fingerprint density at radius 3 is 2.54 bits per heavy atom. The van der Waals surface area contributed by atoms with Gasteiger partial charge in [-0.2, -0.15) is 0 Å². The third kappa shape index (κ3) is 2.62. The summed E-state index contributed by atoms with van der Waals surface area (Å²) in [4.78, 5) is 37.6. The van der Waals surface area contributed by atoms with E-state index < -0.39 is 46.1 Å². The number of thioether (sulfide) groups is 1. The third-order valence-corrected chi connectivity index (χ3v) is 6.53. The van der Waals surface area contributed by atoms with Crippen molar-refractivity contribution < 1.29 is 29.3 Å². The van der Waals surface area contributed by atoms with Crippen LogP contribution in [0.1, 0.15) is 13.8 Å². The van der Waals surface area contributed by atoms with Crippen molar-refractivity contribution >= 4 is 29.5 Å². The Labute approximate surface area is 154 Å². The van der Waals surface area contributed by atoms with Gasteiger partial charge in [0.05, 0.1) is 6.61 Å². The zero-order chi connectivity index (χ0) is 19.1. The smallest absolute Gasteiger partial charge is 0.333 e. The standard InChI is InChI=1S/C17H20N2O6S/c1-16(2)17(9-20,15(23)24)19-13(22)12(14(19)26-16)18-11(21)8-25-10-6-4-3-5-7-10/h3-7,12,14,20H,8-9H2,1-2H3,(H,18,21)(H,23,24)/t12-,14+,17-/m0/s1. The highest BCUT2D eigenvalue weighted by Gasteiger charge is 2.72. The molecule has 3 atom stereocenters. The number of aliphatic hydroxyl groups is 1. The van der Waals surface area contributed by atoms with Gasteiger partial charge in [0, 0.05) is 4.75 Å². The summed E-state index contributed by atoms with van der Waals surface area (Å²) in [5.41, 5.74) is -1.71. The van der Waals surface area contributed by atoms with Crippen LogP contribution in [0.5, 0.6) is 5.75 Å². The van der Waals surface area contributed by atoms with Crippen LogP contribution in [0.4, 0.5) is 0 Å². The van der Waals surface area contributed by atoms with Crippen molar-refractivity contribution in [2.45, 2.75) is 35.5 Å². The van der Waals surface area contributed by atoms with E-state index in [9.17, 15) is 24.6 Å². The number of aliphatic hydroxyl groups excluding tert-OH is 1. The van der Waals surface area contributed by atoms with Gasteiger partial charge in [-0.1, -0.05) is 18.2 Å². The second-order valence-electron chi connectivity index (χ2n) is 6.70. The average Bonchev–Trinajstić information content (AvgIpc) is 2.83. The maximum absolute atomic E-state index is 12.5. The molecule has 0 saturated carbocycles. The minimum absolute atomic E-state index is 0.251. The number of rotatable bonds is 6. The zero-order valence-corrected chi connectivity index (χ0v) is 15.2. The number of aliphatic carboxylic acids is 1. The summed E-state index contributed by atoms with van der Waals surface area (Å²) in [6.45, 7) is 2.40. The Kier molecular flexibility index (Phi) is 4.61. The monoisotopic (exact) mass is 380 g/mol. The third-order valence-electron chi connectivity index (χ3n) is 4.88. The minimum Gasteiger partial charge on any atom is -0.484 e. The fourth-order valence-electron chi connectivity index (χ4n) is 3.39. The van der Waals surface area contributed by atoms with Crippen LogP contribution in [0.25, 0.3) is 0 Å². The highest BCUT2D eigenvalue weighted by Crippen LogP contribution is 2.56. The highest BCUT2D eigenvalue weighted by atomic mass is 32.2. The molecule has 0 aromatic heterocycles. The van der Waals surface area contributed by atoms with E-state index in [1.54, 1.807) is 38.1 Å². The molecule has 26 heavy (non-hydrogen) atoms. The van der Waals surface area contributed by atoms with Crippen LogP contribution in [-0.2, 0) is 14.4 Å². The lowest BCUT2D eigenvalue weighted by atomic mass is 9.81. The van der Waals surface area contributed by atoms with Gasteiger partial charge in [-0.25, -0.2) is 4.79 Å². The average molecular weight is 380 g/mol. The summed E-state index contributed by atoms with van der Waals surface area (Å²) in [5.74, 6) is -1.71. The predicted molar refractivity (Wildman–Crippen MR) is 93.6 cm³/mol. The summed E-state index contributed by atoms with van der Waals surface area (Å²) in [6.07, 6.45) is 0. The SMILES string of the molecule is CC1(C)S[C@@H]2[C@@H](NC(=O)COc3ccccc3)C(=O)N2[C@@]1(CO)C(=O)O. The molecule has 0 radical (unpaired) electrons. The fraction of sp³-hybridized carbons (Fsp3) is 0.471. The molecule has 1 aromatic rings. The van der Waals surface area contributed by atoms with Crippen LogP contribution >= 0.6 is 11.8 Å². The number of carboxylic acid groups (broad SMARTS) is 1. The first-order valence-corrected chi connectivity index (χ1v) is 8.95. The summed E-state index contributed by atoms with van der Waals surface area (Å²) < 4.78 is 4.44. The van der Waals surface area contributed by atoms with Crippen LogP contribution in [0.3, 0.4) is 0 Å². The molecule has 140 valence electrons. The number of hydrogen-bond acceptors (Lipinski definition) is 6. The van der Waals surface area contributed by atoms with Crippen molar-refractivity contribution in [1.29, 1.82) is 0 Å². The number of β-lactam (4-membered cyclic amide) rings is 1. The Bertz CT molecular complexity index is 740. The molecule has 2 amide bonds. The number of nitrogens with one attached hydrogen (secondary N) is 1. The van der Waals surface area contributed by atoms with Crippen LogP contribution < -0.4 is 10.1 Å². The molecule has 9 heteroatoms. The van der Waals surface area contributed by atoms with Crippen molar-refractivity contribution in [3.05, 3.63) is 30.3 Å². The number of nitrogens with zero attached hydrogens (tertiary/aromatic N) is 1. The van der Waals surface area contributed by atoms with E-state index in [1.165, 1.54) is 16.7 Å². The number of carboxylic acids is 1. The number of carbonyl (C=O) groups is 3. The highest BCUT2D eigenvalue weighted by molar-refractivity contribution is 8.01. The molecule has 2 saturated heterocycles. The Hall–Kier alpha value is -2.26. The lowest BCUT2D eigenvalue weighted by Crippen LogP contribution is -2.76. The lowest BCUT2D eigenvalue weighted by molar-refractivity contribution is -0.175. The lowest BCUT2D eigenvalue weighted by Gasteiger charge is -2.49. The minimum atomic E-state index is -1.71. The molecule has 2 fully saturated rings. The van der Waals surface area contributed by atoms with Crippen LogP contribution in [0.15, 0.2) is 30.3 Å². The normalized spacial score (nSPS) is 28.9. The maximum Gasteiger partial charge on any atom is 0.333 e. The number of amides is 2. The number of fused-ring (bicyclic) bond motifs is 1. The van der Waals surface area contributed by atoms with Crippen LogP contribution in [0.2, 0.25) is 0 Å². The van der Waals surface area contributed by atoms with Gasteiger partial charge < -0.3 is 25.2 Å². The Morgan fingerprint density at radius 2 is 1.96 bits per heavy atom. The molecule has 2 aliphatic rings. The van der Waals surface area contributed by atoms with Crippen molar-refractivity contribution in [3.8, 4) is 5.75 Å². The summed E-state index contributed by atoms with van der Waals surface area (Å²) in [5, 5.41) is 21.4. The molecule has 0 bridgehead atoms. The van der Waals surface area contributed by atoms with E-state index in [1.807, 2.05) is 6.07 Å². The van der Waals surface area contributed by atoms with E-state index in [-0.39, 0.29) is 6.61 Å². The zero-order valence-electron chi connectivity index (χ0n) is 14.3. The van der Waals surface area contributed by atoms with Crippen molar-refractivity contribution in [2.75, 3.05) is 13.2 Å². The maximum atomic E-state index is 12.5. The first-order chi connectivity index (χ1) is 12.2. The number of ether oxygens (including phenoxy) is 1. The second-order valence-corrected chi connectivity index (χ2v) is 8.44. The van der Waals surface area contributed by atoms with Gasteiger partial charge in [0.2, 0.25) is 5.91 Å². The molecule has 2 aliphatic heterocycles. The number of hydrogen-bond donors (Lipinski definition) is 3. The molecule has 0 spiro atoms. The fourth-order valence-corrected chi connectivity index (χ4v) is 5.15. The largest absolute Gasteiger partial charge is 0.484 e. The summed E-state index contributed by atoms with van der Waals surface area (Å²) in [6, 6.07) is 7.96. The first kappa shape index (κ1) is 18.5. The molecule has 2 heterocycles. The Morgan fingerprint density at radius 1 is 1.31 bits per heavy atom. The van der Waals surface area contributed by atoms with Gasteiger partial charge in [-0.15, -0.1) is 11.8 Å². The van der Waals surface area contributed by atoms with E-state index >= 15 is 0 Å². The Balaban J connectivity index is 1.67. The van der Waals surface area contributed by atoms with Gasteiger partial charge in [-0.05, 0) is 26.0 Å². The second kappa shape index (κ2) is 6.48. The van der Waals surface area contributed by atoms with Crippen LogP contribution in [0, 0.1) is 0 Å². The molecule has 3 rings (SSSR count). The molecule has 1 aromatic carbocycles.